The third-order valence-electron chi connectivity index (χ3n) is 5.02. The first kappa shape index (κ1) is 18.9. The molecule has 2 atom stereocenters. The minimum absolute atomic E-state index is 0.169. The van der Waals surface area contributed by atoms with Crippen molar-refractivity contribution in [2.45, 2.75) is 25.8 Å². The quantitative estimate of drug-likeness (QED) is 0.606. The zero-order valence-electron chi connectivity index (χ0n) is 15.2. The van der Waals surface area contributed by atoms with Crippen molar-refractivity contribution >= 4 is 21.9 Å². The Labute approximate surface area is 162 Å². The van der Waals surface area contributed by atoms with Gasteiger partial charge in [0.05, 0.1) is 12.4 Å². The SMILES string of the molecule is CN=C(NCCc1cc(Br)ccc1F)N1CCC(C)C(n2ccnc2)C1. The third-order valence-corrected chi connectivity index (χ3v) is 5.52. The molecule has 2 heterocycles. The summed E-state index contributed by atoms with van der Waals surface area (Å²) in [7, 11) is 1.80. The minimum Gasteiger partial charge on any atom is -0.356 e. The van der Waals surface area contributed by atoms with E-state index in [4.69, 9.17) is 0 Å². The van der Waals surface area contributed by atoms with Crippen molar-refractivity contribution in [2.75, 3.05) is 26.7 Å². The lowest BCUT2D eigenvalue weighted by molar-refractivity contribution is 0.189. The van der Waals surface area contributed by atoms with Crippen LogP contribution in [0.3, 0.4) is 0 Å². The van der Waals surface area contributed by atoms with Crippen molar-refractivity contribution in [1.29, 1.82) is 0 Å². The molecule has 2 aromatic rings. The van der Waals surface area contributed by atoms with Crippen LogP contribution in [0.2, 0.25) is 0 Å². The number of nitrogens with zero attached hydrogens (tertiary/aromatic N) is 4. The summed E-state index contributed by atoms with van der Waals surface area (Å²) in [6.45, 7) is 4.79. The predicted octanol–water partition coefficient (Wildman–Crippen LogP) is 3.49. The number of aromatic nitrogens is 2. The van der Waals surface area contributed by atoms with E-state index >= 15 is 0 Å². The van der Waals surface area contributed by atoms with E-state index in [0.29, 0.717) is 30.5 Å². The summed E-state index contributed by atoms with van der Waals surface area (Å²) in [5.74, 6) is 1.30. The fraction of sp³-hybridized carbons (Fsp3) is 0.474. The molecule has 0 bridgehead atoms. The van der Waals surface area contributed by atoms with E-state index in [2.05, 4.69) is 47.6 Å². The molecule has 2 unspecified atom stereocenters. The van der Waals surface area contributed by atoms with Gasteiger partial charge in [-0.05, 0) is 42.5 Å². The first-order valence-corrected chi connectivity index (χ1v) is 9.74. The smallest absolute Gasteiger partial charge is 0.193 e. The highest BCUT2D eigenvalue weighted by Gasteiger charge is 2.28. The molecule has 1 aromatic heterocycles. The first-order valence-electron chi connectivity index (χ1n) is 8.95. The van der Waals surface area contributed by atoms with E-state index in [1.807, 2.05) is 24.8 Å². The second kappa shape index (κ2) is 8.66. The number of guanidine groups is 1. The van der Waals surface area contributed by atoms with Crippen LogP contribution in [-0.4, -0.2) is 47.1 Å². The van der Waals surface area contributed by atoms with Crippen molar-refractivity contribution in [3.63, 3.8) is 0 Å². The van der Waals surface area contributed by atoms with Gasteiger partial charge >= 0.3 is 0 Å². The van der Waals surface area contributed by atoms with E-state index in [-0.39, 0.29) is 5.82 Å². The molecule has 1 aliphatic rings. The van der Waals surface area contributed by atoms with Gasteiger partial charge in [-0.2, -0.15) is 0 Å². The highest BCUT2D eigenvalue weighted by Crippen LogP contribution is 2.27. The van der Waals surface area contributed by atoms with Gasteiger partial charge in [-0.1, -0.05) is 22.9 Å². The van der Waals surface area contributed by atoms with Gasteiger partial charge < -0.3 is 14.8 Å². The molecule has 7 heteroatoms. The number of halogens is 2. The number of hydrogen-bond acceptors (Lipinski definition) is 2. The number of nitrogens with one attached hydrogen (secondary N) is 1. The van der Waals surface area contributed by atoms with Crippen LogP contribution in [0.1, 0.15) is 24.9 Å². The van der Waals surface area contributed by atoms with Crippen LogP contribution >= 0.6 is 15.9 Å². The molecule has 0 aliphatic carbocycles. The van der Waals surface area contributed by atoms with E-state index in [1.165, 1.54) is 6.07 Å². The topological polar surface area (TPSA) is 45.5 Å². The molecule has 1 N–H and O–H groups in total. The van der Waals surface area contributed by atoms with Crippen molar-refractivity contribution in [3.05, 3.63) is 52.8 Å². The molecule has 0 saturated carbocycles. The first-order chi connectivity index (χ1) is 12.6. The van der Waals surface area contributed by atoms with Gasteiger partial charge in [-0.25, -0.2) is 9.37 Å². The number of imidazole rings is 1. The largest absolute Gasteiger partial charge is 0.356 e. The summed E-state index contributed by atoms with van der Waals surface area (Å²) in [4.78, 5) is 10.9. The van der Waals surface area contributed by atoms with E-state index < -0.39 is 0 Å². The molecule has 1 saturated heterocycles. The lowest BCUT2D eigenvalue weighted by Crippen LogP contribution is -2.49. The second-order valence-corrected chi connectivity index (χ2v) is 7.66. The molecule has 5 nitrogen and oxygen atoms in total. The van der Waals surface area contributed by atoms with E-state index in [1.54, 1.807) is 13.1 Å². The normalized spacial score (nSPS) is 21.1. The van der Waals surface area contributed by atoms with Crippen molar-refractivity contribution in [2.24, 2.45) is 10.9 Å². The Bertz CT molecular complexity index is 746. The standard InChI is InChI=1S/C19H25BrFN5/c1-14-6-9-25(12-18(14)26-10-8-23-13-26)19(22-2)24-7-5-15-11-16(20)3-4-17(15)21/h3-4,8,10-11,13-14,18H,5-7,9,12H2,1-2H3,(H,22,24). The highest BCUT2D eigenvalue weighted by atomic mass is 79.9. The van der Waals surface area contributed by atoms with E-state index in [9.17, 15) is 4.39 Å². The van der Waals surface area contributed by atoms with Gasteiger partial charge in [0, 0.05) is 43.5 Å². The average Bonchev–Trinajstić information content (AvgIpc) is 3.17. The van der Waals surface area contributed by atoms with Gasteiger partial charge in [0.15, 0.2) is 5.96 Å². The second-order valence-electron chi connectivity index (χ2n) is 6.75. The maximum Gasteiger partial charge on any atom is 0.193 e. The molecule has 3 rings (SSSR count). The lowest BCUT2D eigenvalue weighted by atomic mass is 9.93. The molecule has 0 radical (unpaired) electrons. The molecule has 1 aromatic carbocycles. The predicted molar refractivity (Wildman–Crippen MR) is 106 cm³/mol. The maximum atomic E-state index is 13.9. The number of likely N-dealkylation sites (tertiary alicyclic amines) is 1. The van der Waals surface area contributed by atoms with Gasteiger partial charge in [0.2, 0.25) is 0 Å². The van der Waals surface area contributed by atoms with Crippen molar-refractivity contribution in [3.8, 4) is 0 Å². The van der Waals surface area contributed by atoms with Gasteiger partial charge in [0.25, 0.3) is 0 Å². The monoisotopic (exact) mass is 421 g/mol. The summed E-state index contributed by atoms with van der Waals surface area (Å²) in [5, 5.41) is 3.38. The Kier molecular flexibility index (Phi) is 6.29. The van der Waals surface area contributed by atoms with Crippen LogP contribution < -0.4 is 5.32 Å². The molecule has 1 fully saturated rings. The fourth-order valence-electron chi connectivity index (χ4n) is 3.47. The number of hydrogen-bond donors (Lipinski definition) is 1. The number of rotatable bonds is 4. The van der Waals surface area contributed by atoms with E-state index in [0.717, 1.165) is 29.9 Å². The highest BCUT2D eigenvalue weighted by molar-refractivity contribution is 9.10. The minimum atomic E-state index is -0.169. The Morgan fingerprint density at radius 3 is 3.04 bits per heavy atom. The average molecular weight is 422 g/mol. The zero-order valence-corrected chi connectivity index (χ0v) is 16.8. The summed E-state index contributed by atoms with van der Waals surface area (Å²) in [6, 6.07) is 5.43. The van der Waals surface area contributed by atoms with Crippen molar-refractivity contribution in [1.82, 2.24) is 19.8 Å². The molecular formula is C19H25BrFN5. The van der Waals surface area contributed by atoms with Gasteiger partial charge in [0.1, 0.15) is 5.82 Å². The Morgan fingerprint density at radius 2 is 2.31 bits per heavy atom. The molecular weight excluding hydrogens is 397 g/mol. The Balaban J connectivity index is 1.59. The van der Waals surface area contributed by atoms with Gasteiger partial charge in [-0.3, -0.25) is 4.99 Å². The zero-order chi connectivity index (χ0) is 18.5. The molecule has 0 spiro atoms. The van der Waals surface area contributed by atoms with Gasteiger partial charge in [-0.15, -0.1) is 0 Å². The van der Waals surface area contributed by atoms with Crippen LogP contribution in [0.5, 0.6) is 0 Å². The van der Waals surface area contributed by atoms with Crippen LogP contribution in [0, 0.1) is 11.7 Å². The molecule has 1 aliphatic heterocycles. The van der Waals surface area contributed by atoms with Crippen LogP contribution in [0.25, 0.3) is 0 Å². The summed E-state index contributed by atoms with van der Waals surface area (Å²) in [6.07, 6.45) is 7.45. The van der Waals surface area contributed by atoms with Crippen LogP contribution in [-0.2, 0) is 6.42 Å². The number of aliphatic imine (C=N–C) groups is 1. The van der Waals surface area contributed by atoms with Crippen LogP contribution in [0.15, 0.2) is 46.4 Å². The summed E-state index contributed by atoms with van der Waals surface area (Å²) >= 11 is 3.40. The van der Waals surface area contributed by atoms with Crippen molar-refractivity contribution < 1.29 is 4.39 Å². The fourth-order valence-corrected chi connectivity index (χ4v) is 3.88. The summed E-state index contributed by atoms with van der Waals surface area (Å²) in [5.41, 5.74) is 0.700. The Hall–Kier alpha value is -1.89. The number of benzene rings is 1. The number of piperidine rings is 1. The Morgan fingerprint density at radius 1 is 1.46 bits per heavy atom. The summed E-state index contributed by atoms with van der Waals surface area (Å²) < 4.78 is 17.0. The molecule has 140 valence electrons. The molecule has 0 amide bonds. The van der Waals surface area contributed by atoms with Crippen LogP contribution in [0.4, 0.5) is 4.39 Å². The molecule has 26 heavy (non-hydrogen) atoms. The maximum absolute atomic E-state index is 13.9. The lowest BCUT2D eigenvalue weighted by Gasteiger charge is -2.39. The third kappa shape index (κ3) is 4.44.